The summed E-state index contributed by atoms with van der Waals surface area (Å²) < 4.78 is 5.07. The van der Waals surface area contributed by atoms with E-state index < -0.39 is 6.04 Å². The molecule has 1 aromatic heterocycles. The lowest BCUT2D eigenvalue weighted by Gasteiger charge is -2.10. The molecule has 6 nitrogen and oxygen atoms in total. The highest BCUT2D eigenvalue weighted by Gasteiger charge is 2.15. The zero-order chi connectivity index (χ0) is 13.2. The first-order valence-electron chi connectivity index (χ1n) is 6.24. The Morgan fingerprint density at radius 3 is 2.89 bits per heavy atom. The first-order chi connectivity index (χ1) is 8.74. The van der Waals surface area contributed by atoms with E-state index >= 15 is 0 Å². The molecule has 0 saturated carbocycles. The van der Waals surface area contributed by atoms with E-state index in [1.54, 1.807) is 12.5 Å². The van der Waals surface area contributed by atoms with Gasteiger partial charge in [-0.1, -0.05) is 6.42 Å². The van der Waals surface area contributed by atoms with Crippen LogP contribution in [0.3, 0.4) is 0 Å². The second kappa shape index (κ2) is 8.66. The Morgan fingerprint density at radius 2 is 2.22 bits per heavy atom. The summed E-state index contributed by atoms with van der Waals surface area (Å²) in [6.45, 7) is 0.607. The number of carbonyl (C=O) groups is 1. The number of unbranched alkanes of at least 4 members (excludes halogenated alkanes) is 3. The van der Waals surface area contributed by atoms with E-state index in [1.165, 1.54) is 0 Å². The van der Waals surface area contributed by atoms with Crippen molar-refractivity contribution < 1.29 is 14.6 Å². The number of rotatable bonds is 9. The number of imidazole rings is 1. The average molecular weight is 255 g/mol. The average Bonchev–Trinajstić information content (AvgIpc) is 2.86. The molecule has 0 saturated heterocycles. The zero-order valence-corrected chi connectivity index (χ0v) is 10.5. The van der Waals surface area contributed by atoms with E-state index in [0.29, 0.717) is 13.0 Å². The molecule has 0 aliphatic carbocycles. The number of nitrogens with one attached hydrogen (secondary N) is 1. The fourth-order valence-corrected chi connectivity index (χ4v) is 1.56. The van der Waals surface area contributed by atoms with Gasteiger partial charge in [0.25, 0.3) is 0 Å². The van der Waals surface area contributed by atoms with Gasteiger partial charge in [-0.05, 0) is 19.3 Å². The third-order valence-electron chi connectivity index (χ3n) is 2.59. The second-order valence-corrected chi connectivity index (χ2v) is 4.19. The lowest BCUT2D eigenvalue weighted by Crippen LogP contribution is -2.34. The number of carbonyl (C=O) groups excluding carboxylic acids is 1. The van der Waals surface area contributed by atoms with Crippen LogP contribution in [-0.2, 0) is 16.0 Å². The molecule has 0 aromatic carbocycles. The van der Waals surface area contributed by atoms with Crippen LogP contribution in [0.2, 0.25) is 0 Å². The van der Waals surface area contributed by atoms with Gasteiger partial charge >= 0.3 is 5.97 Å². The Bertz CT molecular complexity index is 327. The number of aromatic amines is 1. The Labute approximate surface area is 107 Å². The maximum atomic E-state index is 11.5. The van der Waals surface area contributed by atoms with Crippen LogP contribution in [0.4, 0.5) is 0 Å². The first-order valence-corrected chi connectivity index (χ1v) is 6.24. The number of nitrogens with zero attached hydrogens (tertiary/aromatic N) is 1. The van der Waals surface area contributed by atoms with Crippen LogP contribution in [0.1, 0.15) is 31.4 Å². The van der Waals surface area contributed by atoms with Crippen LogP contribution in [-0.4, -0.2) is 40.3 Å². The molecule has 0 aliphatic heterocycles. The van der Waals surface area contributed by atoms with Crippen molar-refractivity contribution in [1.29, 1.82) is 0 Å². The van der Waals surface area contributed by atoms with Gasteiger partial charge in [0, 0.05) is 24.9 Å². The van der Waals surface area contributed by atoms with E-state index in [2.05, 4.69) is 9.97 Å². The maximum Gasteiger partial charge on any atom is 0.323 e. The van der Waals surface area contributed by atoms with Crippen molar-refractivity contribution in [3.8, 4) is 0 Å². The molecule has 0 aliphatic rings. The molecule has 1 aromatic rings. The molecule has 0 fully saturated rings. The fourth-order valence-electron chi connectivity index (χ4n) is 1.56. The van der Waals surface area contributed by atoms with Gasteiger partial charge in [0.1, 0.15) is 6.04 Å². The minimum absolute atomic E-state index is 0.217. The number of ether oxygens (including phenoxy) is 1. The smallest absolute Gasteiger partial charge is 0.323 e. The van der Waals surface area contributed by atoms with Gasteiger partial charge in [-0.25, -0.2) is 4.98 Å². The van der Waals surface area contributed by atoms with Crippen LogP contribution in [0.5, 0.6) is 0 Å². The van der Waals surface area contributed by atoms with Gasteiger partial charge in [0.2, 0.25) is 0 Å². The van der Waals surface area contributed by atoms with Gasteiger partial charge in [-0.15, -0.1) is 0 Å². The molecule has 4 N–H and O–H groups in total. The number of aliphatic hydroxyl groups is 1. The maximum absolute atomic E-state index is 11.5. The Morgan fingerprint density at radius 1 is 1.44 bits per heavy atom. The normalized spacial score (nSPS) is 12.3. The first kappa shape index (κ1) is 14.7. The van der Waals surface area contributed by atoms with E-state index in [9.17, 15) is 4.79 Å². The topological polar surface area (TPSA) is 101 Å². The summed E-state index contributed by atoms with van der Waals surface area (Å²) in [6, 6.07) is -0.650. The largest absolute Gasteiger partial charge is 0.465 e. The summed E-state index contributed by atoms with van der Waals surface area (Å²) in [5.74, 6) is -0.383. The molecule has 18 heavy (non-hydrogen) atoms. The minimum atomic E-state index is -0.650. The predicted molar refractivity (Wildman–Crippen MR) is 66.8 cm³/mol. The standard InChI is InChI=1S/C12H21N3O3/c13-11(7-10-8-14-9-15-10)12(17)18-6-4-2-1-3-5-16/h8-9,11,16H,1-7,13H2,(H,14,15)/t11-/m0/s1. The summed E-state index contributed by atoms with van der Waals surface area (Å²) in [5.41, 5.74) is 6.54. The molecule has 0 amide bonds. The molecule has 0 spiro atoms. The Balaban J connectivity index is 2.08. The van der Waals surface area contributed by atoms with Gasteiger partial charge in [0.05, 0.1) is 12.9 Å². The summed E-state index contributed by atoms with van der Waals surface area (Å²) >= 11 is 0. The van der Waals surface area contributed by atoms with E-state index in [1.807, 2.05) is 0 Å². The monoisotopic (exact) mass is 255 g/mol. The van der Waals surface area contributed by atoms with Crippen molar-refractivity contribution in [2.45, 2.75) is 38.1 Å². The quantitative estimate of drug-likeness (QED) is 0.437. The number of aromatic nitrogens is 2. The molecular weight excluding hydrogens is 234 g/mol. The summed E-state index contributed by atoms with van der Waals surface area (Å²) in [5, 5.41) is 8.60. The van der Waals surface area contributed by atoms with Crippen molar-refractivity contribution in [1.82, 2.24) is 9.97 Å². The van der Waals surface area contributed by atoms with Crippen molar-refractivity contribution in [3.05, 3.63) is 18.2 Å². The summed E-state index contributed by atoms with van der Waals surface area (Å²) in [7, 11) is 0. The van der Waals surface area contributed by atoms with Gasteiger partial charge in [-0.2, -0.15) is 0 Å². The van der Waals surface area contributed by atoms with Crippen LogP contribution >= 0.6 is 0 Å². The highest BCUT2D eigenvalue weighted by Crippen LogP contribution is 2.02. The third-order valence-corrected chi connectivity index (χ3v) is 2.59. The fraction of sp³-hybridized carbons (Fsp3) is 0.667. The van der Waals surface area contributed by atoms with E-state index in [0.717, 1.165) is 31.4 Å². The number of nitrogens with two attached hydrogens (primary N) is 1. The molecule has 0 unspecified atom stereocenters. The van der Waals surface area contributed by atoms with Gasteiger partial charge in [-0.3, -0.25) is 4.79 Å². The van der Waals surface area contributed by atoms with Crippen LogP contribution in [0, 0.1) is 0 Å². The highest BCUT2D eigenvalue weighted by atomic mass is 16.5. The highest BCUT2D eigenvalue weighted by molar-refractivity contribution is 5.75. The molecular formula is C12H21N3O3. The van der Waals surface area contributed by atoms with E-state index in [-0.39, 0.29) is 12.6 Å². The third kappa shape index (κ3) is 5.79. The minimum Gasteiger partial charge on any atom is -0.465 e. The van der Waals surface area contributed by atoms with E-state index in [4.69, 9.17) is 15.6 Å². The van der Waals surface area contributed by atoms with Crippen molar-refractivity contribution in [2.24, 2.45) is 5.73 Å². The Hall–Kier alpha value is -1.40. The van der Waals surface area contributed by atoms with Crippen molar-refractivity contribution in [3.63, 3.8) is 0 Å². The summed E-state index contributed by atoms with van der Waals surface area (Å²) in [4.78, 5) is 18.3. The number of aliphatic hydroxyl groups excluding tert-OH is 1. The summed E-state index contributed by atoms with van der Waals surface area (Å²) in [6.07, 6.45) is 7.10. The predicted octanol–water partition coefficient (Wildman–Crippen LogP) is 0.375. The molecule has 6 heteroatoms. The molecule has 1 rings (SSSR count). The molecule has 0 bridgehead atoms. The number of hydrogen-bond donors (Lipinski definition) is 3. The molecule has 1 atom stereocenters. The van der Waals surface area contributed by atoms with Crippen LogP contribution < -0.4 is 5.73 Å². The van der Waals surface area contributed by atoms with Crippen LogP contribution in [0.15, 0.2) is 12.5 Å². The Kier molecular flexibility index (Phi) is 7.05. The van der Waals surface area contributed by atoms with Crippen molar-refractivity contribution in [2.75, 3.05) is 13.2 Å². The zero-order valence-electron chi connectivity index (χ0n) is 10.5. The van der Waals surface area contributed by atoms with Gasteiger partial charge in [0.15, 0.2) is 0 Å². The lowest BCUT2D eigenvalue weighted by molar-refractivity contribution is -0.145. The van der Waals surface area contributed by atoms with Crippen LogP contribution in [0.25, 0.3) is 0 Å². The molecule has 102 valence electrons. The molecule has 1 heterocycles. The SMILES string of the molecule is N[C@@H](Cc1cnc[nH]1)C(=O)OCCCCCCO. The number of hydrogen-bond acceptors (Lipinski definition) is 5. The number of H-pyrrole nitrogens is 1. The lowest BCUT2D eigenvalue weighted by atomic mass is 10.2. The molecule has 0 radical (unpaired) electrons. The number of esters is 1. The van der Waals surface area contributed by atoms with Gasteiger partial charge < -0.3 is 20.6 Å². The second-order valence-electron chi connectivity index (χ2n) is 4.19. The van der Waals surface area contributed by atoms with Crippen molar-refractivity contribution >= 4 is 5.97 Å².